The number of aromatic nitrogens is 2. The van der Waals surface area contributed by atoms with Crippen LogP contribution in [0, 0.1) is 0 Å². The molecule has 5 rings (SSSR count). The van der Waals surface area contributed by atoms with E-state index in [1.807, 2.05) is 72.8 Å². The van der Waals surface area contributed by atoms with Gasteiger partial charge in [0.15, 0.2) is 5.82 Å². The van der Waals surface area contributed by atoms with Crippen molar-refractivity contribution >= 4 is 22.6 Å². The van der Waals surface area contributed by atoms with Gasteiger partial charge in [-0.3, -0.25) is 9.69 Å². The standard InChI is InChI=1S/C32H37N5O3/c1-39-27-14-12-26(13-15-27)31-34-29-11-6-5-10-28(29)32(35-31)37(18-7-17-36-20-22-40-23-21-36)19-16-30(38)33-24-25-8-3-2-4-9-25/h2-6,8-15H,7,16-24H2,1H3,(H,33,38). The summed E-state index contributed by atoms with van der Waals surface area (Å²) in [5, 5.41) is 4.05. The largest absolute Gasteiger partial charge is 0.497 e. The smallest absolute Gasteiger partial charge is 0.222 e. The number of carbonyl (C=O) groups is 1. The Bertz CT molecular complexity index is 1370. The van der Waals surface area contributed by atoms with Crippen molar-refractivity contribution in [2.75, 3.05) is 57.9 Å². The molecule has 208 valence electrons. The number of nitrogens with one attached hydrogen (secondary N) is 1. The van der Waals surface area contributed by atoms with E-state index in [9.17, 15) is 4.79 Å². The van der Waals surface area contributed by atoms with Gasteiger partial charge < -0.3 is 19.7 Å². The van der Waals surface area contributed by atoms with Crippen LogP contribution in [0.15, 0.2) is 78.9 Å². The maximum absolute atomic E-state index is 12.9. The molecule has 1 saturated heterocycles. The van der Waals surface area contributed by atoms with E-state index in [-0.39, 0.29) is 5.91 Å². The van der Waals surface area contributed by atoms with Crippen LogP contribution in [0.1, 0.15) is 18.4 Å². The van der Waals surface area contributed by atoms with E-state index < -0.39 is 0 Å². The summed E-state index contributed by atoms with van der Waals surface area (Å²) in [7, 11) is 1.66. The van der Waals surface area contributed by atoms with E-state index in [1.54, 1.807) is 7.11 Å². The summed E-state index contributed by atoms with van der Waals surface area (Å²) in [6.07, 6.45) is 1.34. The van der Waals surface area contributed by atoms with Crippen LogP contribution in [0.5, 0.6) is 5.75 Å². The highest BCUT2D eigenvalue weighted by atomic mass is 16.5. The molecule has 0 saturated carbocycles. The molecule has 0 unspecified atom stereocenters. The summed E-state index contributed by atoms with van der Waals surface area (Å²) in [5.74, 6) is 2.32. The molecule has 0 radical (unpaired) electrons. The van der Waals surface area contributed by atoms with Crippen LogP contribution >= 0.6 is 0 Å². The van der Waals surface area contributed by atoms with Crippen molar-refractivity contribution in [3.8, 4) is 17.1 Å². The lowest BCUT2D eigenvalue weighted by molar-refractivity contribution is -0.121. The molecule has 3 aromatic carbocycles. The minimum atomic E-state index is 0.0239. The minimum Gasteiger partial charge on any atom is -0.497 e. The van der Waals surface area contributed by atoms with Crippen molar-refractivity contribution in [1.82, 2.24) is 20.2 Å². The van der Waals surface area contributed by atoms with Crippen molar-refractivity contribution in [3.05, 3.63) is 84.4 Å². The Morgan fingerprint density at radius 1 is 0.950 bits per heavy atom. The molecule has 0 spiro atoms. The second-order valence-corrected chi connectivity index (χ2v) is 9.92. The molecule has 1 N–H and O–H groups in total. The highest BCUT2D eigenvalue weighted by Gasteiger charge is 2.18. The average molecular weight is 540 g/mol. The van der Waals surface area contributed by atoms with E-state index in [0.717, 1.165) is 79.4 Å². The number of benzene rings is 3. The summed E-state index contributed by atoms with van der Waals surface area (Å²) >= 11 is 0. The second kappa shape index (κ2) is 13.9. The van der Waals surface area contributed by atoms with Gasteiger partial charge in [0.1, 0.15) is 11.6 Å². The van der Waals surface area contributed by atoms with E-state index in [4.69, 9.17) is 19.4 Å². The molecule has 0 atom stereocenters. The Hall–Kier alpha value is -4.01. The zero-order valence-electron chi connectivity index (χ0n) is 23.1. The molecule has 0 bridgehead atoms. The molecule has 1 fully saturated rings. The van der Waals surface area contributed by atoms with Crippen LogP contribution in [-0.2, 0) is 16.1 Å². The highest BCUT2D eigenvalue weighted by molar-refractivity contribution is 5.91. The number of amides is 1. The van der Waals surface area contributed by atoms with Crippen LogP contribution in [0.4, 0.5) is 5.82 Å². The number of nitrogens with zero attached hydrogens (tertiary/aromatic N) is 4. The number of fused-ring (bicyclic) bond motifs is 1. The third kappa shape index (κ3) is 7.34. The van der Waals surface area contributed by atoms with E-state index in [1.165, 1.54) is 0 Å². The molecule has 0 aliphatic carbocycles. The van der Waals surface area contributed by atoms with Gasteiger partial charge in [-0.05, 0) is 48.4 Å². The van der Waals surface area contributed by atoms with Gasteiger partial charge in [-0.25, -0.2) is 9.97 Å². The van der Waals surface area contributed by atoms with Gasteiger partial charge in [0, 0.05) is 56.6 Å². The van der Waals surface area contributed by atoms with Crippen molar-refractivity contribution in [2.45, 2.75) is 19.4 Å². The second-order valence-electron chi connectivity index (χ2n) is 9.92. The minimum absolute atomic E-state index is 0.0239. The average Bonchev–Trinajstić information content (AvgIpc) is 3.02. The predicted molar refractivity (Wildman–Crippen MR) is 159 cm³/mol. The fourth-order valence-electron chi connectivity index (χ4n) is 4.93. The normalized spacial score (nSPS) is 13.7. The summed E-state index contributed by atoms with van der Waals surface area (Å²) in [5.41, 5.74) is 2.89. The first-order valence-electron chi connectivity index (χ1n) is 14.0. The molecule has 1 aromatic heterocycles. The summed E-state index contributed by atoms with van der Waals surface area (Å²) in [4.78, 5) is 27.5. The number of anilines is 1. The van der Waals surface area contributed by atoms with Crippen molar-refractivity contribution < 1.29 is 14.3 Å². The number of hydrogen-bond acceptors (Lipinski definition) is 7. The number of ether oxygens (including phenoxy) is 2. The van der Waals surface area contributed by atoms with Gasteiger partial charge in [-0.2, -0.15) is 0 Å². The number of methoxy groups -OCH3 is 1. The van der Waals surface area contributed by atoms with Crippen molar-refractivity contribution in [2.24, 2.45) is 0 Å². The zero-order chi connectivity index (χ0) is 27.6. The van der Waals surface area contributed by atoms with Crippen molar-refractivity contribution in [3.63, 3.8) is 0 Å². The van der Waals surface area contributed by atoms with Gasteiger partial charge in [0.05, 0.1) is 25.8 Å². The number of para-hydroxylation sites is 1. The van der Waals surface area contributed by atoms with Gasteiger partial charge in [0.2, 0.25) is 5.91 Å². The van der Waals surface area contributed by atoms with E-state index in [0.29, 0.717) is 25.3 Å². The van der Waals surface area contributed by atoms with E-state index in [2.05, 4.69) is 21.2 Å². The molecule has 1 amide bonds. The predicted octanol–water partition coefficient (Wildman–Crippen LogP) is 4.54. The van der Waals surface area contributed by atoms with Crippen LogP contribution in [0.25, 0.3) is 22.3 Å². The van der Waals surface area contributed by atoms with Crippen LogP contribution in [0.2, 0.25) is 0 Å². The molecule has 40 heavy (non-hydrogen) atoms. The maximum Gasteiger partial charge on any atom is 0.222 e. The fourth-order valence-corrected chi connectivity index (χ4v) is 4.93. The Morgan fingerprint density at radius 2 is 1.70 bits per heavy atom. The molecule has 1 aliphatic heterocycles. The van der Waals surface area contributed by atoms with Gasteiger partial charge >= 0.3 is 0 Å². The number of rotatable bonds is 12. The molecular weight excluding hydrogens is 502 g/mol. The van der Waals surface area contributed by atoms with Gasteiger partial charge in [0.25, 0.3) is 0 Å². The third-order valence-corrected chi connectivity index (χ3v) is 7.18. The quantitative estimate of drug-likeness (QED) is 0.283. The topological polar surface area (TPSA) is 79.8 Å². The number of hydrogen-bond donors (Lipinski definition) is 1. The van der Waals surface area contributed by atoms with E-state index >= 15 is 0 Å². The maximum atomic E-state index is 12.9. The van der Waals surface area contributed by atoms with Crippen LogP contribution in [-0.4, -0.2) is 73.8 Å². The molecule has 1 aliphatic rings. The lowest BCUT2D eigenvalue weighted by atomic mass is 10.1. The zero-order valence-corrected chi connectivity index (χ0v) is 23.1. The first-order chi connectivity index (χ1) is 19.7. The Morgan fingerprint density at radius 3 is 2.48 bits per heavy atom. The summed E-state index contributed by atoms with van der Waals surface area (Å²) in [6.45, 7) is 6.34. The molecule has 8 heteroatoms. The highest BCUT2D eigenvalue weighted by Crippen LogP contribution is 2.29. The SMILES string of the molecule is COc1ccc(-c2nc(N(CCCN3CCOCC3)CCC(=O)NCc3ccccc3)c3ccccc3n2)cc1. The Kier molecular flexibility index (Phi) is 9.55. The third-order valence-electron chi connectivity index (χ3n) is 7.18. The van der Waals surface area contributed by atoms with Crippen molar-refractivity contribution in [1.29, 1.82) is 0 Å². The summed E-state index contributed by atoms with van der Waals surface area (Å²) < 4.78 is 10.8. The lowest BCUT2D eigenvalue weighted by Gasteiger charge is -2.29. The van der Waals surface area contributed by atoms with Gasteiger partial charge in [-0.1, -0.05) is 42.5 Å². The van der Waals surface area contributed by atoms with Crippen LogP contribution < -0.4 is 15.0 Å². The number of morpholine rings is 1. The fraction of sp³-hybridized carbons (Fsp3) is 0.344. The Balaban J connectivity index is 1.37. The molecule has 4 aromatic rings. The monoisotopic (exact) mass is 539 g/mol. The molecular formula is C32H37N5O3. The Labute approximate surface area is 235 Å². The van der Waals surface area contributed by atoms with Gasteiger partial charge in [-0.15, -0.1) is 0 Å². The summed E-state index contributed by atoms with van der Waals surface area (Å²) in [6, 6.07) is 25.9. The first kappa shape index (κ1) is 27.6. The first-order valence-corrected chi connectivity index (χ1v) is 14.0. The molecule has 8 nitrogen and oxygen atoms in total. The number of carbonyl (C=O) groups excluding carboxylic acids is 1. The molecule has 2 heterocycles. The van der Waals surface area contributed by atoms with Crippen LogP contribution in [0.3, 0.4) is 0 Å². The lowest BCUT2D eigenvalue weighted by Crippen LogP contribution is -2.39.